The Kier molecular flexibility index (Phi) is 4.95. The van der Waals surface area contributed by atoms with E-state index < -0.39 is 5.97 Å². The van der Waals surface area contributed by atoms with Crippen LogP contribution in [0.2, 0.25) is 0 Å². The average molecular weight is 242 g/mol. The lowest BCUT2D eigenvalue weighted by Crippen LogP contribution is -2.46. The normalized spacial score (nSPS) is 26.7. The van der Waals surface area contributed by atoms with Crippen LogP contribution in [-0.4, -0.2) is 59.1 Å². The van der Waals surface area contributed by atoms with E-state index >= 15 is 0 Å². The smallest absolute Gasteiger partial charge is 0.303 e. The van der Waals surface area contributed by atoms with Gasteiger partial charge in [0.25, 0.3) is 0 Å². The first-order valence-corrected chi connectivity index (χ1v) is 6.54. The molecule has 17 heavy (non-hydrogen) atoms. The van der Waals surface area contributed by atoms with Crippen LogP contribution in [0.25, 0.3) is 0 Å². The van der Waals surface area contributed by atoms with Gasteiger partial charge in [0.05, 0.1) is 0 Å². The van der Waals surface area contributed by atoms with Crippen LogP contribution in [0.15, 0.2) is 0 Å². The Morgan fingerprint density at radius 2 is 2.12 bits per heavy atom. The second-order valence-corrected chi connectivity index (χ2v) is 5.67. The number of aliphatic carboxylic acids is 1. The Morgan fingerprint density at radius 3 is 2.65 bits per heavy atom. The summed E-state index contributed by atoms with van der Waals surface area (Å²) >= 11 is 0. The first-order chi connectivity index (χ1) is 7.86. The third-order valence-electron chi connectivity index (χ3n) is 4.06. The second kappa shape index (κ2) is 5.83. The van der Waals surface area contributed by atoms with Gasteiger partial charge in [0.1, 0.15) is 0 Å². The fourth-order valence-electron chi connectivity index (χ4n) is 2.59. The summed E-state index contributed by atoms with van der Waals surface area (Å²) in [5.74, 6) is -0.690. The summed E-state index contributed by atoms with van der Waals surface area (Å²) in [6.07, 6.45) is 2.16. The molecule has 0 aliphatic carbocycles. The lowest BCUT2D eigenvalue weighted by Gasteiger charge is -2.37. The first-order valence-electron chi connectivity index (χ1n) is 6.54. The summed E-state index contributed by atoms with van der Waals surface area (Å²) in [5, 5.41) is 8.79. The molecule has 1 atom stereocenters. The number of rotatable bonds is 4. The number of hydrogen-bond acceptors (Lipinski definition) is 3. The van der Waals surface area contributed by atoms with Crippen LogP contribution < -0.4 is 0 Å². The molecule has 0 radical (unpaired) electrons. The van der Waals surface area contributed by atoms with Gasteiger partial charge in [-0.15, -0.1) is 0 Å². The minimum atomic E-state index is -0.690. The number of nitrogens with zero attached hydrogens (tertiary/aromatic N) is 2. The van der Waals surface area contributed by atoms with Crippen molar-refractivity contribution < 1.29 is 9.90 Å². The van der Waals surface area contributed by atoms with E-state index in [1.165, 1.54) is 0 Å². The van der Waals surface area contributed by atoms with Gasteiger partial charge < -0.3 is 10.0 Å². The maximum atomic E-state index is 10.7. The molecule has 1 aliphatic rings. The second-order valence-electron chi connectivity index (χ2n) is 5.67. The maximum Gasteiger partial charge on any atom is 0.303 e. The lowest BCUT2D eigenvalue weighted by atomic mass is 9.98. The number of carbonyl (C=O) groups is 1. The van der Waals surface area contributed by atoms with Crippen molar-refractivity contribution in [3.63, 3.8) is 0 Å². The molecule has 100 valence electrons. The lowest BCUT2D eigenvalue weighted by molar-refractivity contribution is -0.137. The molecule has 0 aromatic heterocycles. The van der Waals surface area contributed by atoms with Crippen LogP contribution in [0.5, 0.6) is 0 Å². The van der Waals surface area contributed by atoms with Crippen molar-refractivity contribution in [1.82, 2.24) is 9.80 Å². The SMILES string of the molecule is CCN1CC(CCC(=O)O)N(C)CCC1(C)C. The summed E-state index contributed by atoms with van der Waals surface area (Å²) in [6, 6.07) is 0.368. The molecule has 1 fully saturated rings. The third kappa shape index (κ3) is 3.96. The number of likely N-dealkylation sites (N-methyl/N-ethyl adjacent to an activating group) is 2. The zero-order valence-electron chi connectivity index (χ0n) is 11.6. The Labute approximate surface area is 105 Å². The van der Waals surface area contributed by atoms with Crippen molar-refractivity contribution >= 4 is 5.97 Å². The Morgan fingerprint density at radius 1 is 1.47 bits per heavy atom. The van der Waals surface area contributed by atoms with E-state index in [0.717, 1.165) is 32.5 Å². The van der Waals surface area contributed by atoms with Crippen LogP contribution in [-0.2, 0) is 4.79 Å². The predicted molar refractivity (Wildman–Crippen MR) is 69.2 cm³/mol. The highest BCUT2D eigenvalue weighted by atomic mass is 16.4. The Bertz CT molecular complexity index is 266. The molecule has 1 aliphatic heterocycles. The standard InChI is InChI=1S/C13H26N2O2/c1-5-15-10-11(6-7-12(16)17)14(4)9-8-13(15,2)3/h11H,5-10H2,1-4H3,(H,16,17). The monoisotopic (exact) mass is 242 g/mol. The maximum absolute atomic E-state index is 10.7. The highest BCUT2D eigenvalue weighted by Gasteiger charge is 2.32. The average Bonchev–Trinajstić information content (AvgIpc) is 2.35. The molecule has 1 rings (SSSR count). The zero-order valence-corrected chi connectivity index (χ0v) is 11.6. The quantitative estimate of drug-likeness (QED) is 0.814. The van der Waals surface area contributed by atoms with E-state index in [4.69, 9.17) is 5.11 Å². The first kappa shape index (κ1) is 14.5. The molecule has 1 N–H and O–H groups in total. The largest absolute Gasteiger partial charge is 0.481 e. The summed E-state index contributed by atoms with van der Waals surface area (Å²) in [7, 11) is 2.11. The zero-order chi connectivity index (χ0) is 13.1. The fraction of sp³-hybridized carbons (Fsp3) is 0.923. The van der Waals surface area contributed by atoms with Crippen molar-refractivity contribution in [2.75, 3.05) is 26.7 Å². The van der Waals surface area contributed by atoms with Crippen LogP contribution in [0.1, 0.15) is 40.0 Å². The van der Waals surface area contributed by atoms with Gasteiger partial charge in [-0.25, -0.2) is 0 Å². The molecule has 1 saturated heterocycles. The molecule has 0 aromatic rings. The van der Waals surface area contributed by atoms with E-state index in [1.807, 2.05) is 0 Å². The van der Waals surface area contributed by atoms with Gasteiger partial charge in [-0.05, 0) is 46.8 Å². The van der Waals surface area contributed by atoms with Crippen LogP contribution in [0.3, 0.4) is 0 Å². The van der Waals surface area contributed by atoms with Crippen molar-refractivity contribution in [2.24, 2.45) is 0 Å². The number of carboxylic acid groups (broad SMARTS) is 1. The fourth-order valence-corrected chi connectivity index (χ4v) is 2.59. The number of carboxylic acids is 1. The molecular weight excluding hydrogens is 216 g/mol. The van der Waals surface area contributed by atoms with Crippen LogP contribution >= 0.6 is 0 Å². The molecular formula is C13H26N2O2. The molecule has 0 amide bonds. The van der Waals surface area contributed by atoms with Gasteiger partial charge in [-0.2, -0.15) is 0 Å². The third-order valence-corrected chi connectivity index (χ3v) is 4.06. The molecule has 4 nitrogen and oxygen atoms in total. The van der Waals surface area contributed by atoms with Gasteiger partial charge in [0.2, 0.25) is 0 Å². The van der Waals surface area contributed by atoms with Gasteiger partial charge in [0.15, 0.2) is 0 Å². The van der Waals surface area contributed by atoms with E-state index in [-0.39, 0.29) is 12.0 Å². The summed E-state index contributed by atoms with van der Waals surface area (Å²) < 4.78 is 0. The Balaban J connectivity index is 2.67. The predicted octanol–water partition coefficient (Wildman–Crippen LogP) is 1.66. The van der Waals surface area contributed by atoms with Crippen LogP contribution in [0, 0.1) is 0 Å². The van der Waals surface area contributed by atoms with Gasteiger partial charge in [-0.1, -0.05) is 6.92 Å². The molecule has 0 bridgehead atoms. The Hall–Kier alpha value is -0.610. The summed E-state index contributed by atoms with van der Waals surface area (Å²) in [6.45, 7) is 9.81. The highest BCUT2D eigenvalue weighted by molar-refractivity contribution is 5.66. The summed E-state index contributed by atoms with van der Waals surface area (Å²) in [4.78, 5) is 15.5. The minimum Gasteiger partial charge on any atom is -0.481 e. The van der Waals surface area contributed by atoms with Crippen molar-refractivity contribution in [2.45, 2.75) is 51.6 Å². The molecule has 0 saturated carbocycles. The van der Waals surface area contributed by atoms with Crippen LogP contribution in [0.4, 0.5) is 0 Å². The van der Waals surface area contributed by atoms with Gasteiger partial charge >= 0.3 is 5.97 Å². The molecule has 0 spiro atoms. The van der Waals surface area contributed by atoms with E-state index in [1.54, 1.807) is 0 Å². The molecule has 4 heteroatoms. The van der Waals surface area contributed by atoms with Crippen molar-refractivity contribution in [3.05, 3.63) is 0 Å². The van der Waals surface area contributed by atoms with Crippen molar-refractivity contribution in [3.8, 4) is 0 Å². The highest BCUT2D eigenvalue weighted by Crippen LogP contribution is 2.25. The van der Waals surface area contributed by atoms with Gasteiger partial charge in [0, 0.05) is 24.5 Å². The molecule has 1 unspecified atom stereocenters. The molecule has 0 aromatic carbocycles. The van der Waals surface area contributed by atoms with Crippen molar-refractivity contribution in [1.29, 1.82) is 0 Å². The topological polar surface area (TPSA) is 43.8 Å². The minimum absolute atomic E-state index is 0.223. The van der Waals surface area contributed by atoms with E-state index in [2.05, 4.69) is 37.6 Å². The molecule has 1 heterocycles. The van der Waals surface area contributed by atoms with E-state index in [0.29, 0.717) is 6.04 Å². The van der Waals surface area contributed by atoms with E-state index in [9.17, 15) is 4.79 Å². The summed E-state index contributed by atoms with van der Waals surface area (Å²) in [5.41, 5.74) is 0.223. The van der Waals surface area contributed by atoms with Gasteiger partial charge in [-0.3, -0.25) is 9.69 Å². The number of hydrogen-bond donors (Lipinski definition) is 1.